The van der Waals surface area contributed by atoms with E-state index in [-0.39, 0.29) is 0 Å². The van der Waals surface area contributed by atoms with E-state index in [1.54, 1.807) is 0 Å². The van der Waals surface area contributed by atoms with Crippen LogP contribution in [0.15, 0.2) is 11.8 Å². The fourth-order valence-electron chi connectivity index (χ4n) is 1.34. The molecule has 0 atom stereocenters. The van der Waals surface area contributed by atoms with Gasteiger partial charge in [-0.3, -0.25) is 4.79 Å². The Labute approximate surface area is 85.9 Å². The Hall–Kier alpha value is -1.21. The fourth-order valence-corrected chi connectivity index (χ4v) is 1.34. The zero-order valence-corrected chi connectivity index (χ0v) is 7.87. The van der Waals surface area contributed by atoms with E-state index in [0.29, 0.717) is 6.08 Å². The van der Waals surface area contributed by atoms with Crippen LogP contribution in [0, 0.1) is 0 Å². The summed E-state index contributed by atoms with van der Waals surface area (Å²) in [5, 5.41) is 0. The number of carbonyl (C=O) groups is 1. The van der Waals surface area contributed by atoms with E-state index in [9.17, 15) is 31.1 Å². The molecule has 0 amide bonds. The fraction of sp³-hybridized carbons (Fsp3) is 0.625. The molecule has 1 aliphatic heterocycles. The van der Waals surface area contributed by atoms with Gasteiger partial charge in [0.15, 0.2) is 5.78 Å². The molecule has 0 bridgehead atoms. The smallest absolute Gasteiger partial charge is 0.437 e. The molecule has 0 saturated heterocycles. The van der Waals surface area contributed by atoms with Gasteiger partial charge in [-0.2, -0.15) is 26.3 Å². The minimum Gasteiger partial charge on any atom is -0.473 e. The van der Waals surface area contributed by atoms with E-state index in [1.807, 2.05) is 0 Å². The molecule has 1 rings (SSSR count). The van der Waals surface area contributed by atoms with Crippen molar-refractivity contribution in [3.63, 3.8) is 0 Å². The van der Waals surface area contributed by atoms with Crippen LogP contribution in [-0.4, -0.2) is 23.7 Å². The van der Waals surface area contributed by atoms with Crippen molar-refractivity contribution in [2.24, 2.45) is 0 Å². The zero-order chi connectivity index (χ0) is 12.8. The van der Waals surface area contributed by atoms with E-state index >= 15 is 0 Å². The van der Waals surface area contributed by atoms with E-state index in [0.717, 1.165) is 6.92 Å². The normalized spacial score (nSPS) is 21.4. The van der Waals surface area contributed by atoms with Crippen LogP contribution >= 0.6 is 0 Å². The summed E-state index contributed by atoms with van der Waals surface area (Å²) in [6.07, 6.45) is -12.6. The third kappa shape index (κ3) is 1.88. The van der Waals surface area contributed by atoms with E-state index in [2.05, 4.69) is 4.74 Å². The largest absolute Gasteiger partial charge is 0.473 e. The molecule has 0 aromatic rings. The monoisotopic (exact) mass is 248 g/mol. The minimum absolute atomic E-state index is 0.607. The van der Waals surface area contributed by atoms with Crippen LogP contribution in [0.25, 0.3) is 0 Å². The molecule has 0 aliphatic carbocycles. The maximum atomic E-state index is 12.4. The highest BCUT2D eigenvalue weighted by Gasteiger charge is 2.74. The number of rotatable bonds is 0. The van der Waals surface area contributed by atoms with Crippen LogP contribution in [0.2, 0.25) is 0 Å². The summed E-state index contributed by atoms with van der Waals surface area (Å²) < 4.78 is 78.4. The molecule has 0 aromatic heterocycles. The van der Waals surface area contributed by atoms with Gasteiger partial charge in [-0.15, -0.1) is 0 Å². The van der Waals surface area contributed by atoms with Gasteiger partial charge < -0.3 is 4.74 Å². The van der Waals surface area contributed by atoms with Gasteiger partial charge in [-0.05, 0) is 6.92 Å². The molecule has 92 valence electrons. The summed E-state index contributed by atoms with van der Waals surface area (Å²) in [5.41, 5.74) is -4.42. The summed E-state index contributed by atoms with van der Waals surface area (Å²) in [5.74, 6) is -1.97. The first-order chi connectivity index (χ1) is 6.99. The second-order valence-electron chi connectivity index (χ2n) is 3.32. The Bertz CT molecular complexity index is 323. The van der Waals surface area contributed by atoms with Crippen LogP contribution in [0.1, 0.15) is 13.3 Å². The first-order valence-corrected chi connectivity index (χ1v) is 4.03. The molecule has 16 heavy (non-hydrogen) atoms. The number of halogens is 6. The Kier molecular flexibility index (Phi) is 2.73. The van der Waals surface area contributed by atoms with Crippen molar-refractivity contribution < 1.29 is 35.9 Å². The Morgan fingerprint density at radius 2 is 1.62 bits per heavy atom. The predicted octanol–water partition coefficient (Wildman–Crippen LogP) is 2.74. The van der Waals surface area contributed by atoms with Crippen molar-refractivity contribution in [2.75, 3.05) is 0 Å². The molecule has 1 heterocycles. The SMILES string of the molecule is CC1=CC(=O)CC(C(F)(F)F)(C(F)(F)F)O1. The second kappa shape index (κ2) is 3.39. The zero-order valence-electron chi connectivity index (χ0n) is 7.87. The first-order valence-electron chi connectivity index (χ1n) is 4.03. The maximum Gasteiger partial charge on any atom is 0.437 e. The second-order valence-corrected chi connectivity index (χ2v) is 3.32. The van der Waals surface area contributed by atoms with Gasteiger partial charge >= 0.3 is 18.0 Å². The standard InChI is InChI=1S/C8H6F6O2/c1-4-2-5(15)3-6(16-4,7(9,10)11)8(12,13)14/h2H,3H2,1H3. The van der Waals surface area contributed by atoms with Crippen LogP contribution in [0.3, 0.4) is 0 Å². The Balaban J connectivity index is 3.29. The molecule has 0 fully saturated rings. The number of hydrogen-bond donors (Lipinski definition) is 0. The lowest BCUT2D eigenvalue weighted by atomic mass is 9.92. The summed E-state index contributed by atoms with van der Waals surface area (Å²) in [6, 6.07) is 0. The number of alkyl halides is 6. The van der Waals surface area contributed by atoms with Crippen LogP contribution in [-0.2, 0) is 9.53 Å². The molecule has 0 saturated carbocycles. The lowest BCUT2D eigenvalue weighted by Crippen LogP contribution is -2.60. The Morgan fingerprint density at radius 1 is 1.19 bits per heavy atom. The predicted molar refractivity (Wildman–Crippen MR) is 39.3 cm³/mol. The maximum absolute atomic E-state index is 12.4. The average Bonchev–Trinajstić information content (AvgIpc) is 1.97. The molecule has 1 aliphatic rings. The molecule has 0 unspecified atom stereocenters. The lowest BCUT2D eigenvalue weighted by molar-refractivity contribution is -0.372. The number of ketones is 1. The number of ether oxygens (including phenoxy) is 1. The third-order valence-electron chi connectivity index (χ3n) is 2.04. The highest BCUT2D eigenvalue weighted by molar-refractivity contribution is 5.91. The first kappa shape index (κ1) is 12.9. The van der Waals surface area contributed by atoms with E-state index in [1.165, 1.54) is 0 Å². The van der Waals surface area contributed by atoms with E-state index < -0.39 is 35.9 Å². The Morgan fingerprint density at radius 3 is 1.94 bits per heavy atom. The van der Waals surface area contributed by atoms with E-state index in [4.69, 9.17) is 0 Å². The van der Waals surface area contributed by atoms with Gasteiger partial charge in [0.1, 0.15) is 0 Å². The van der Waals surface area contributed by atoms with Gasteiger partial charge in [0.05, 0.1) is 12.2 Å². The molecular weight excluding hydrogens is 242 g/mol. The van der Waals surface area contributed by atoms with Crippen LogP contribution in [0.4, 0.5) is 26.3 Å². The van der Waals surface area contributed by atoms with Gasteiger partial charge in [-0.1, -0.05) is 0 Å². The minimum atomic E-state index is -5.70. The van der Waals surface area contributed by atoms with Crippen molar-refractivity contribution in [1.82, 2.24) is 0 Å². The molecule has 0 radical (unpaired) electrons. The average molecular weight is 248 g/mol. The van der Waals surface area contributed by atoms with Gasteiger partial charge in [-0.25, -0.2) is 0 Å². The summed E-state index contributed by atoms with van der Waals surface area (Å²) >= 11 is 0. The van der Waals surface area contributed by atoms with Crippen molar-refractivity contribution >= 4 is 5.78 Å². The molecular formula is C8H6F6O2. The number of carbonyl (C=O) groups excluding carboxylic acids is 1. The topological polar surface area (TPSA) is 26.3 Å². The third-order valence-corrected chi connectivity index (χ3v) is 2.04. The quantitative estimate of drug-likeness (QED) is 0.616. The van der Waals surface area contributed by atoms with Crippen molar-refractivity contribution in [2.45, 2.75) is 31.3 Å². The molecule has 8 heteroatoms. The van der Waals surface area contributed by atoms with Crippen LogP contribution in [0.5, 0.6) is 0 Å². The van der Waals surface area contributed by atoms with Gasteiger partial charge in [0.2, 0.25) is 0 Å². The van der Waals surface area contributed by atoms with Crippen molar-refractivity contribution in [3.8, 4) is 0 Å². The van der Waals surface area contributed by atoms with Gasteiger partial charge in [0.25, 0.3) is 0 Å². The summed E-state index contributed by atoms with van der Waals surface area (Å²) in [6.45, 7) is 0.864. The van der Waals surface area contributed by atoms with Gasteiger partial charge in [0, 0.05) is 6.08 Å². The highest BCUT2D eigenvalue weighted by Crippen LogP contribution is 2.50. The number of allylic oxidation sites excluding steroid dienone is 2. The summed E-state index contributed by atoms with van der Waals surface area (Å²) in [4.78, 5) is 10.8. The number of hydrogen-bond acceptors (Lipinski definition) is 2. The molecule has 2 nitrogen and oxygen atoms in total. The summed E-state index contributed by atoms with van der Waals surface area (Å²) in [7, 11) is 0. The lowest BCUT2D eigenvalue weighted by Gasteiger charge is -2.38. The van der Waals surface area contributed by atoms with Crippen LogP contribution < -0.4 is 0 Å². The van der Waals surface area contributed by atoms with Crippen molar-refractivity contribution in [1.29, 1.82) is 0 Å². The highest BCUT2D eigenvalue weighted by atomic mass is 19.4. The molecule has 0 N–H and O–H groups in total. The molecule has 0 aromatic carbocycles. The molecule has 0 spiro atoms. The van der Waals surface area contributed by atoms with Crippen molar-refractivity contribution in [3.05, 3.63) is 11.8 Å².